The first-order valence-electron chi connectivity index (χ1n) is 7.38. The molecular weight excluding hydrogens is 284 g/mol. The van der Waals surface area contributed by atoms with Gasteiger partial charge in [-0.1, -0.05) is 18.2 Å². The summed E-state index contributed by atoms with van der Waals surface area (Å²) in [4.78, 5) is 15.5. The molecule has 0 bridgehead atoms. The van der Waals surface area contributed by atoms with Gasteiger partial charge in [0.15, 0.2) is 5.82 Å². The number of halogens is 1. The number of nitrogens with zero attached hydrogens (tertiary/aromatic N) is 4. The van der Waals surface area contributed by atoms with E-state index in [4.69, 9.17) is 11.6 Å². The molecule has 110 valence electrons. The van der Waals surface area contributed by atoms with E-state index < -0.39 is 0 Å². The normalized spacial score (nSPS) is 15.3. The van der Waals surface area contributed by atoms with Crippen LogP contribution >= 0.6 is 11.6 Å². The lowest BCUT2D eigenvalue weighted by molar-refractivity contribution is 0.567. The van der Waals surface area contributed by atoms with E-state index in [0.29, 0.717) is 11.8 Å². The SMILES string of the molecule is Cc1cccc(-c2nc(Cl)nc(N3CCCCC3)n2)c1C. The molecule has 5 heteroatoms. The molecule has 0 N–H and O–H groups in total. The molecule has 21 heavy (non-hydrogen) atoms. The molecule has 2 heterocycles. The first-order valence-corrected chi connectivity index (χ1v) is 7.76. The zero-order valence-corrected chi connectivity index (χ0v) is 13.2. The molecule has 0 atom stereocenters. The number of hydrogen-bond acceptors (Lipinski definition) is 4. The van der Waals surface area contributed by atoms with Crippen LogP contribution in [0.25, 0.3) is 11.4 Å². The standard InChI is InChI=1S/C16H19ClN4/c1-11-7-6-8-13(12(11)2)14-18-15(17)20-16(19-14)21-9-4-3-5-10-21/h6-8H,3-5,9-10H2,1-2H3. The predicted molar refractivity (Wildman–Crippen MR) is 85.8 cm³/mol. The minimum absolute atomic E-state index is 0.265. The van der Waals surface area contributed by atoms with E-state index in [1.807, 2.05) is 12.1 Å². The van der Waals surface area contributed by atoms with E-state index in [2.05, 4.69) is 39.8 Å². The van der Waals surface area contributed by atoms with Crippen LogP contribution in [0.4, 0.5) is 5.95 Å². The number of anilines is 1. The van der Waals surface area contributed by atoms with Crippen molar-refractivity contribution in [1.82, 2.24) is 15.0 Å². The maximum atomic E-state index is 6.12. The zero-order chi connectivity index (χ0) is 14.8. The Morgan fingerprint density at radius 3 is 2.52 bits per heavy atom. The van der Waals surface area contributed by atoms with E-state index in [1.54, 1.807) is 0 Å². The van der Waals surface area contributed by atoms with Crippen molar-refractivity contribution in [3.63, 3.8) is 0 Å². The monoisotopic (exact) mass is 302 g/mol. The molecule has 0 amide bonds. The fraction of sp³-hybridized carbons (Fsp3) is 0.438. The summed E-state index contributed by atoms with van der Waals surface area (Å²) in [6.45, 7) is 6.16. The van der Waals surface area contributed by atoms with Gasteiger partial charge >= 0.3 is 0 Å². The number of piperidine rings is 1. The lowest BCUT2D eigenvalue weighted by Gasteiger charge is -2.26. The van der Waals surface area contributed by atoms with Crippen LogP contribution in [0.2, 0.25) is 5.28 Å². The maximum Gasteiger partial charge on any atom is 0.230 e. The number of hydrogen-bond donors (Lipinski definition) is 0. The lowest BCUT2D eigenvalue weighted by Crippen LogP contribution is -2.31. The van der Waals surface area contributed by atoms with Crippen LogP contribution in [0.1, 0.15) is 30.4 Å². The molecule has 1 fully saturated rings. The number of aryl methyl sites for hydroxylation is 1. The maximum absolute atomic E-state index is 6.12. The van der Waals surface area contributed by atoms with Crippen molar-refractivity contribution in [3.05, 3.63) is 34.6 Å². The van der Waals surface area contributed by atoms with Crippen molar-refractivity contribution in [2.75, 3.05) is 18.0 Å². The number of benzene rings is 1. The second kappa shape index (κ2) is 5.98. The van der Waals surface area contributed by atoms with E-state index in [-0.39, 0.29) is 5.28 Å². The predicted octanol–water partition coefficient (Wildman–Crippen LogP) is 3.80. The van der Waals surface area contributed by atoms with Crippen LogP contribution in [0, 0.1) is 13.8 Å². The second-order valence-electron chi connectivity index (χ2n) is 5.52. The Labute approximate surface area is 130 Å². The Hall–Kier alpha value is -1.68. The van der Waals surface area contributed by atoms with Gasteiger partial charge in [0.1, 0.15) is 0 Å². The van der Waals surface area contributed by atoms with E-state index in [9.17, 15) is 0 Å². The van der Waals surface area contributed by atoms with Gasteiger partial charge in [-0.3, -0.25) is 0 Å². The van der Waals surface area contributed by atoms with Crippen molar-refractivity contribution in [2.24, 2.45) is 0 Å². The molecule has 2 aromatic rings. The Morgan fingerprint density at radius 2 is 1.76 bits per heavy atom. The van der Waals surface area contributed by atoms with Gasteiger partial charge in [-0.05, 0) is 55.8 Å². The molecule has 1 aromatic carbocycles. The van der Waals surface area contributed by atoms with Gasteiger partial charge < -0.3 is 4.90 Å². The van der Waals surface area contributed by atoms with Crippen molar-refractivity contribution in [2.45, 2.75) is 33.1 Å². The molecule has 4 nitrogen and oxygen atoms in total. The van der Waals surface area contributed by atoms with Crippen molar-refractivity contribution < 1.29 is 0 Å². The molecule has 1 saturated heterocycles. The zero-order valence-electron chi connectivity index (χ0n) is 12.4. The van der Waals surface area contributed by atoms with Crippen molar-refractivity contribution in [3.8, 4) is 11.4 Å². The summed E-state index contributed by atoms with van der Waals surface area (Å²) in [5, 5.41) is 0.265. The highest BCUT2D eigenvalue weighted by Crippen LogP contribution is 2.25. The largest absolute Gasteiger partial charge is 0.341 e. The minimum Gasteiger partial charge on any atom is -0.341 e. The molecule has 0 spiro atoms. The quantitative estimate of drug-likeness (QED) is 0.846. The van der Waals surface area contributed by atoms with Gasteiger partial charge in [0.2, 0.25) is 11.2 Å². The van der Waals surface area contributed by atoms with Gasteiger partial charge in [-0.2, -0.15) is 15.0 Å². The highest BCUT2D eigenvalue weighted by atomic mass is 35.5. The van der Waals surface area contributed by atoms with Crippen LogP contribution in [-0.4, -0.2) is 28.0 Å². The summed E-state index contributed by atoms with van der Waals surface area (Å²) in [6, 6.07) is 6.15. The molecule has 0 unspecified atom stereocenters. The van der Waals surface area contributed by atoms with Gasteiger partial charge in [-0.15, -0.1) is 0 Å². The topological polar surface area (TPSA) is 41.9 Å². The summed E-state index contributed by atoms with van der Waals surface area (Å²) in [5.74, 6) is 1.36. The van der Waals surface area contributed by atoms with Crippen LogP contribution in [0.3, 0.4) is 0 Å². The Morgan fingerprint density at radius 1 is 1.00 bits per heavy atom. The lowest BCUT2D eigenvalue weighted by atomic mass is 10.0. The number of aromatic nitrogens is 3. The summed E-state index contributed by atoms with van der Waals surface area (Å²) in [5.41, 5.74) is 3.44. The van der Waals surface area contributed by atoms with Crippen LogP contribution in [0.5, 0.6) is 0 Å². The summed E-state index contributed by atoms with van der Waals surface area (Å²) < 4.78 is 0. The molecular formula is C16H19ClN4. The smallest absolute Gasteiger partial charge is 0.230 e. The van der Waals surface area contributed by atoms with Crippen LogP contribution in [0.15, 0.2) is 18.2 Å². The highest BCUT2D eigenvalue weighted by molar-refractivity contribution is 6.28. The van der Waals surface area contributed by atoms with Crippen molar-refractivity contribution >= 4 is 17.5 Å². The molecule has 1 aliphatic rings. The molecule has 0 radical (unpaired) electrons. The Kier molecular flexibility index (Phi) is 4.06. The van der Waals surface area contributed by atoms with Gasteiger partial charge in [0.25, 0.3) is 0 Å². The Balaban J connectivity index is 2.03. The average molecular weight is 303 g/mol. The summed E-state index contributed by atoms with van der Waals surface area (Å²) in [6.07, 6.45) is 3.64. The van der Waals surface area contributed by atoms with Crippen LogP contribution in [-0.2, 0) is 0 Å². The third-order valence-electron chi connectivity index (χ3n) is 4.08. The van der Waals surface area contributed by atoms with E-state index in [1.165, 1.54) is 30.4 Å². The third kappa shape index (κ3) is 3.00. The third-order valence-corrected chi connectivity index (χ3v) is 4.25. The van der Waals surface area contributed by atoms with Crippen LogP contribution < -0.4 is 4.90 Å². The first-order chi connectivity index (χ1) is 10.1. The van der Waals surface area contributed by atoms with Gasteiger partial charge in [0.05, 0.1) is 0 Å². The first kappa shape index (κ1) is 14.3. The van der Waals surface area contributed by atoms with Gasteiger partial charge in [0, 0.05) is 18.7 Å². The van der Waals surface area contributed by atoms with Crippen molar-refractivity contribution in [1.29, 1.82) is 0 Å². The number of rotatable bonds is 2. The molecule has 1 aliphatic heterocycles. The molecule has 0 saturated carbocycles. The minimum atomic E-state index is 0.265. The fourth-order valence-corrected chi connectivity index (χ4v) is 2.84. The summed E-state index contributed by atoms with van der Waals surface area (Å²) >= 11 is 6.12. The Bertz CT molecular complexity index is 651. The molecule has 3 rings (SSSR count). The molecule has 1 aromatic heterocycles. The average Bonchev–Trinajstić information content (AvgIpc) is 2.50. The summed E-state index contributed by atoms with van der Waals surface area (Å²) in [7, 11) is 0. The van der Waals surface area contributed by atoms with E-state index >= 15 is 0 Å². The molecule has 0 aliphatic carbocycles. The fourth-order valence-electron chi connectivity index (χ4n) is 2.69. The second-order valence-corrected chi connectivity index (χ2v) is 5.86. The highest BCUT2D eigenvalue weighted by Gasteiger charge is 2.17. The van der Waals surface area contributed by atoms with Gasteiger partial charge in [-0.25, -0.2) is 0 Å². The van der Waals surface area contributed by atoms with E-state index in [0.717, 1.165) is 18.7 Å².